The number of nitrogens with zero attached hydrogens (tertiary/aromatic N) is 1. The minimum absolute atomic E-state index is 0.0995. The number of carboxylic acids is 1. The van der Waals surface area contributed by atoms with Crippen molar-refractivity contribution in [1.82, 2.24) is 10.2 Å². The van der Waals surface area contributed by atoms with Gasteiger partial charge in [-0.05, 0) is 12.8 Å². The van der Waals surface area contributed by atoms with Gasteiger partial charge >= 0.3 is 18.2 Å². The fraction of sp³-hybridized carbons (Fsp3) is 0.800. The van der Waals surface area contributed by atoms with E-state index in [0.29, 0.717) is 19.4 Å². The van der Waals surface area contributed by atoms with E-state index >= 15 is 0 Å². The standard InChI is InChI=1S/C10H15F3N2O4/c11-10(12,13)6-19-5-3-14-9(18)15-4-1-2-7(15)8(16)17/h7H,1-6H2,(H,14,18)(H,16,17)/t7-/m1/s1. The summed E-state index contributed by atoms with van der Waals surface area (Å²) >= 11 is 0. The number of carbonyl (C=O) groups excluding carboxylic acids is 1. The number of aliphatic carboxylic acids is 1. The molecule has 1 saturated heterocycles. The molecule has 1 fully saturated rings. The first-order chi connectivity index (χ1) is 8.81. The molecule has 1 rings (SSSR count). The minimum Gasteiger partial charge on any atom is -0.480 e. The average Bonchev–Trinajstić information content (AvgIpc) is 2.75. The van der Waals surface area contributed by atoms with Crippen LogP contribution in [0.2, 0.25) is 0 Å². The lowest BCUT2D eigenvalue weighted by Gasteiger charge is -2.21. The molecule has 0 unspecified atom stereocenters. The molecule has 6 nitrogen and oxygen atoms in total. The first kappa shape index (κ1) is 15.5. The van der Waals surface area contributed by atoms with E-state index in [9.17, 15) is 22.8 Å². The van der Waals surface area contributed by atoms with Crippen LogP contribution in [0.25, 0.3) is 0 Å². The average molecular weight is 284 g/mol. The lowest BCUT2D eigenvalue weighted by Crippen LogP contribution is -2.46. The highest BCUT2D eigenvalue weighted by atomic mass is 19.4. The van der Waals surface area contributed by atoms with Gasteiger partial charge in [0, 0.05) is 13.1 Å². The predicted molar refractivity (Wildman–Crippen MR) is 57.6 cm³/mol. The summed E-state index contributed by atoms with van der Waals surface area (Å²) in [4.78, 5) is 23.6. The van der Waals surface area contributed by atoms with E-state index in [1.807, 2.05) is 0 Å². The van der Waals surface area contributed by atoms with Crippen molar-refractivity contribution in [3.05, 3.63) is 0 Å². The molecule has 0 saturated carbocycles. The second kappa shape index (κ2) is 6.60. The van der Waals surface area contributed by atoms with Gasteiger partial charge in [-0.3, -0.25) is 0 Å². The lowest BCUT2D eigenvalue weighted by molar-refractivity contribution is -0.173. The Hall–Kier alpha value is -1.51. The van der Waals surface area contributed by atoms with Crippen molar-refractivity contribution in [2.24, 2.45) is 0 Å². The number of hydrogen-bond acceptors (Lipinski definition) is 3. The zero-order valence-corrected chi connectivity index (χ0v) is 10.1. The smallest absolute Gasteiger partial charge is 0.411 e. The molecule has 1 heterocycles. The number of nitrogens with one attached hydrogen (secondary N) is 1. The summed E-state index contributed by atoms with van der Waals surface area (Å²) < 4.78 is 39.5. The molecule has 0 aliphatic carbocycles. The van der Waals surface area contributed by atoms with Gasteiger partial charge < -0.3 is 20.1 Å². The van der Waals surface area contributed by atoms with E-state index in [1.165, 1.54) is 0 Å². The van der Waals surface area contributed by atoms with E-state index < -0.39 is 30.8 Å². The van der Waals surface area contributed by atoms with E-state index in [1.54, 1.807) is 0 Å². The van der Waals surface area contributed by atoms with Crippen molar-refractivity contribution in [3.8, 4) is 0 Å². The number of hydrogen-bond donors (Lipinski definition) is 2. The Balaban J connectivity index is 2.22. The lowest BCUT2D eigenvalue weighted by atomic mass is 10.2. The normalized spacial score (nSPS) is 19.5. The summed E-state index contributed by atoms with van der Waals surface area (Å²) in [6.45, 7) is -1.43. The van der Waals surface area contributed by atoms with Crippen LogP contribution in [0.3, 0.4) is 0 Å². The fourth-order valence-corrected chi connectivity index (χ4v) is 1.79. The number of ether oxygens (including phenoxy) is 1. The second-order valence-electron chi connectivity index (χ2n) is 4.09. The Bertz CT molecular complexity index is 335. The van der Waals surface area contributed by atoms with Crippen LogP contribution >= 0.6 is 0 Å². The van der Waals surface area contributed by atoms with Crippen molar-refractivity contribution in [3.63, 3.8) is 0 Å². The molecule has 0 aromatic heterocycles. The highest BCUT2D eigenvalue weighted by Gasteiger charge is 2.33. The van der Waals surface area contributed by atoms with E-state index in [0.717, 1.165) is 4.90 Å². The maximum Gasteiger partial charge on any atom is 0.411 e. The molecule has 0 radical (unpaired) electrons. The van der Waals surface area contributed by atoms with Gasteiger partial charge in [0.25, 0.3) is 0 Å². The number of carboxylic acid groups (broad SMARTS) is 1. The highest BCUT2D eigenvalue weighted by molar-refractivity contribution is 5.83. The third-order valence-electron chi connectivity index (χ3n) is 2.59. The van der Waals surface area contributed by atoms with Crippen molar-refractivity contribution >= 4 is 12.0 Å². The van der Waals surface area contributed by atoms with E-state index in [4.69, 9.17) is 5.11 Å². The number of halogens is 3. The van der Waals surface area contributed by atoms with Crippen LogP contribution in [-0.4, -0.2) is 60.5 Å². The molecule has 0 spiro atoms. The summed E-state index contributed by atoms with van der Waals surface area (Å²) in [6.07, 6.45) is -3.42. The van der Waals surface area contributed by atoms with Crippen molar-refractivity contribution in [1.29, 1.82) is 0 Å². The van der Waals surface area contributed by atoms with Gasteiger partial charge in [-0.25, -0.2) is 9.59 Å². The fourth-order valence-electron chi connectivity index (χ4n) is 1.79. The van der Waals surface area contributed by atoms with Crippen LogP contribution in [-0.2, 0) is 9.53 Å². The topological polar surface area (TPSA) is 78.9 Å². The first-order valence-electron chi connectivity index (χ1n) is 5.73. The number of rotatable bonds is 5. The molecule has 0 bridgehead atoms. The van der Waals surface area contributed by atoms with Gasteiger partial charge in [-0.15, -0.1) is 0 Å². The number of likely N-dealkylation sites (tertiary alicyclic amines) is 1. The monoisotopic (exact) mass is 284 g/mol. The molecule has 19 heavy (non-hydrogen) atoms. The highest BCUT2D eigenvalue weighted by Crippen LogP contribution is 2.17. The largest absolute Gasteiger partial charge is 0.480 e. The number of urea groups is 1. The number of amides is 2. The SMILES string of the molecule is O=C(O)[C@H]1CCCN1C(=O)NCCOCC(F)(F)F. The van der Waals surface area contributed by atoms with Crippen LogP contribution < -0.4 is 5.32 Å². The third-order valence-corrected chi connectivity index (χ3v) is 2.59. The van der Waals surface area contributed by atoms with Gasteiger partial charge in [0.2, 0.25) is 0 Å². The zero-order valence-electron chi connectivity index (χ0n) is 10.1. The van der Waals surface area contributed by atoms with Crippen molar-refractivity contribution in [2.45, 2.75) is 25.1 Å². The van der Waals surface area contributed by atoms with Gasteiger partial charge in [-0.2, -0.15) is 13.2 Å². The van der Waals surface area contributed by atoms with Gasteiger partial charge in [0.05, 0.1) is 6.61 Å². The molecule has 9 heteroatoms. The molecular weight excluding hydrogens is 269 g/mol. The Labute approximate surface area is 107 Å². The first-order valence-corrected chi connectivity index (χ1v) is 5.73. The van der Waals surface area contributed by atoms with Gasteiger partial charge in [0.15, 0.2) is 0 Å². The van der Waals surface area contributed by atoms with E-state index in [-0.39, 0.29) is 13.2 Å². The number of carbonyl (C=O) groups is 2. The quantitative estimate of drug-likeness (QED) is 0.733. The summed E-state index contributed by atoms with van der Waals surface area (Å²) in [5.41, 5.74) is 0. The Morgan fingerprint density at radius 1 is 1.42 bits per heavy atom. The maximum atomic E-state index is 11.7. The summed E-state index contributed by atoms with van der Waals surface area (Å²) in [5.74, 6) is -1.08. The number of alkyl halides is 3. The molecule has 0 aromatic rings. The van der Waals surface area contributed by atoms with Crippen LogP contribution in [0.5, 0.6) is 0 Å². The van der Waals surface area contributed by atoms with Crippen LogP contribution in [0.1, 0.15) is 12.8 Å². The van der Waals surface area contributed by atoms with Crippen LogP contribution in [0, 0.1) is 0 Å². The zero-order chi connectivity index (χ0) is 14.5. The molecule has 2 N–H and O–H groups in total. The van der Waals surface area contributed by atoms with Crippen molar-refractivity contribution < 1.29 is 32.6 Å². The summed E-state index contributed by atoms with van der Waals surface area (Å²) in [7, 11) is 0. The molecule has 0 aromatic carbocycles. The maximum absolute atomic E-state index is 11.7. The molecular formula is C10H15F3N2O4. The molecule has 2 amide bonds. The molecule has 110 valence electrons. The Kier molecular flexibility index (Phi) is 5.40. The Morgan fingerprint density at radius 2 is 2.11 bits per heavy atom. The predicted octanol–water partition coefficient (Wildman–Crippen LogP) is 0.824. The van der Waals surface area contributed by atoms with Crippen LogP contribution in [0.4, 0.5) is 18.0 Å². The Morgan fingerprint density at radius 3 is 2.68 bits per heavy atom. The van der Waals surface area contributed by atoms with E-state index in [2.05, 4.69) is 10.1 Å². The summed E-state index contributed by atoms with van der Waals surface area (Å²) in [5, 5.41) is 11.2. The molecule has 1 aliphatic rings. The third kappa shape index (κ3) is 5.33. The van der Waals surface area contributed by atoms with Crippen molar-refractivity contribution in [2.75, 3.05) is 26.3 Å². The second-order valence-corrected chi connectivity index (χ2v) is 4.09. The molecule has 1 atom stereocenters. The minimum atomic E-state index is -4.40. The van der Waals surface area contributed by atoms with Gasteiger partial charge in [-0.1, -0.05) is 0 Å². The van der Waals surface area contributed by atoms with Gasteiger partial charge in [0.1, 0.15) is 12.6 Å². The molecule has 1 aliphatic heterocycles. The van der Waals surface area contributed by atoms with Crippen LogP contribution in [0.15, 0.2) is 0 Å². The summed E-state index contributed by atoms with van der Waals surface area (Å²) in [6, 6.07) is -1.46.